The first kappa shape index (κ1) is 14.1. The summed E-state index contributed by atoms with van der Waals surface area (Å²) in [6.07, 6.45) is 1.52. The number of pyridine rings is 1. The van der Waals surface area contributed by atoms with E-state index in [1.54, 1.807) is 12.1 Å². The van der Waals surface area contributed by atoms with Gasteiger partial charge in [0.15, 0.2) is 5.69 Å². The summed E-state index contributed by atoms with van der Waals surface area (Å²) < 4.78 is 0. The molecular formula is C12H12N4O3S. The van der Waals surface area contributed by atoms with E-state index in [1.807, 2.05) is 0 Å². The molecule has 20 heavy (non-hydrogen) atoms. The van der Waals surface area contributed by atoms with Crippen LogP contribution in [0.1, 0.15) is 31.5 Å². The topological polar surface area (TPSA) is 118 Å². The maximum absolute atomic E-state index is 11.9. The largest absolute Gasteiger partial charge is 0.476 e. The van der Waals surface area contributed by atoms with Gasteiger partial charge in [-0.15, -0.1) is 11.3 Å². The Labute approximate surface area is 118 Å². The highest BCUT2D eigenvalue weighted by Crippen LogP contribution is 2.10. The van der Waals surface area contributed by atoms with Crippen LogP contribution in [0.2, 0.25) is 0 Å². The van der Waals surface area contributed by atoms with Crippen LogP contribution in [0.3, 0.4) is 0 Å². The minimum atomic E-state index is -1.08. The number of hydrogen-bond acceptors (Lipinski definition) is 6. The number of aromatic nitrogens is 2. The third-order valence-electron chi connectivity index (χ3n) is 2.46. The van der Waals surface area contributed by atoms with Crippen LogP contribution in [-0.4, -0.2) is 27.0 Å². The van der Waals surface area contributed by atoms with E-state index in [0.29, 0.717) is 16.3 Å². The van der Waals surface area contributed by atoms with Crippen molar-refractivity contribution in [2.75, 3.05) is 0 Å². The van der Waals surface area contributed by atoms with E-state index in [0.717, 1.165) is 0 Å². The molecule has 2 aromatic heterocycles. The van der Waals surface area contributed by atoms with Gasteiger partial charge in [0.25, 0.3) is 5.91 Å². The van der Waals surface area contributed by atoms with E-state index in [9.17, 15) is 9.59 Å². The van der Waals surface area contributed by atoms with E-state index in [1.165, 1.54) is 22.9 Å². The minimum Gasteiger partial charge on any atom is -0.476 e. The molecule has 2 aromatic rings. The van der Waals surface area contributed by atoms with Crippen LogP contribution >= 0.6 is 11.3 Å². The fourth-order valence-corrected chi connectivity index (χ4v) is 2.19. The SMILES string of the molecule is NCc1cc(C(=O)NCc2nc(C(=O)O)cs2)ccn1. The summed E-state index contributed by atoms with van der Waals surface area (Å²) in [5, 5.41) is 13.4. The van der Waals surface area contributed by atoms with E-state index < -0.39 is 5.97 Å². The van der Waals surface area contributed by atoms with Gasteiger partial charge in [-0.2, -0.15) is 0 Å². The van der Waals surface area contributed by atoms with Crippen molar-refractivity contribution in [1.82, 2.24) is 15.3 Å². The zero-order valence-corrected chi connectivity index (χ0v) is 11.2. The number of nitrogens with one attached hydrogen (secondary N) is 1. The van der Waals surface area contributed by atoms with E-state index in [2.05, 4.69) is 15.3 Å². The maximum atomic E-state index is 11.9. The number of carbonyl (C=O) groups is 2. The van der Waals surface area contributed by atoms with Crippen molar-refractivity contribution < 1.29 is 14.7 Å². The van der Waals surface area contributed by atoms with E-state index in [-0.39, 0.29) is 24.7 Å². The molecule has 0 aromatic carbocycles. The molecular weight excluding hydrogens is 280 g/mol. The fourth-order valence-electron chi connectivity index (χ4n) is 1.48. The highest BCUT2D eigenvalue weighted by atomic mass is 32.1. The Hall–Kier alpha value is -2.32. The molecule has 0 aliphatic heterocycles. The summed E-state index contributed by atoms with van der Waals surface area (Å²) >= 11 is 1.18. The van der Waals surface area contributed by atoms with Crippen LogP contribution in [0.15, 0.2) is 23.7 Å². The standard InChI is InChI=1S/C12H12N4O3S/c13-4-8-3-7(1-2-14-8)11(17)15-5-10-16-9(6-20-10)12(18)19/h1-3,6H,4-5,13H2,(H,15,17)(H,18,19). The van der Waals surface area contributed by atoms with Crippen molar-refractivity contribution in [3.8, 4) is 0 Å². The molecule has 2 heterocycles. The Balaban J connectivity index is 1.98. The van der Waals surface area contributed by atoms with Crippen LogP contribution in [0.4, 0.5) is 0 Å². The smallest absolute Gasteiger partial charge is 0.355 e. The molecule has 0 saturated carbocycles. The molecule has 0 bridgehead atoms. The summed E-state index contributed by atoms with van der Waals surface area (Å²) in [7, 11) is 0. The number of aromatic carboxylic acids is 1. The van der Waals surface area contributed by atoms with Gasteiger partial charge in [0, 0.05) is 23.7 Å². The fraction of sp³-hybridized carbons (Fsp3) is 0.167. The second kappa shape index (κ2) is 6.22. The summed E-state index contributed by atoms with van der Waals surface area (Å²) in [6.45, 7) is 0.437. The molecule has 0 saturated heterocycles. The van der Waals surface area contributed by atoms with E-state index in [4.69, 9.17) is 10.8 Å². The number of nitrogens with zero attached hydrogens (tertiary/aromatic N) is 2. The average molecular weight is 292 g/mol. The Bertz CT molecular complexity index is 641. The highest BCUT2D eigenvalue weighted by molar-refractivity contribution is 7.09. The first-order chi connectivity index (χ1) is 9.60. The van der Waals surface area contributed by atoms with Gasteiger partial charge >= 0.3 is 5.97 Å². The molecule has 0 radical (unpaired) electrons. The first-order valence-electron chi connectivity index (χ1n) is 5.71. The molecule has 0 unspecified atom stereocenters. The number of nitrogens with two attached hydrogens (primary N) is 1. The molecule has 0 atom stereocenters. The summed E-state index contributed by atoms with van der Waals surface area (Å²) in [4.78, 5) is 30.5. The second-order valence-corrected chi connectivity index (χ2v) is 4.80. The lowest BCUT2D eigenvalue weighted by Crippen LogP contribution is -2.23. The van der Waals surface area contributed by atoms with Gasteiger partial charge in [-0.1, -0.05) is 0 Å². The van der Waals surface area contributed by atoms with Crippen LogP contribution in [-0.2, 0) is 13.1 Å². The Morgan fingerprint density at radius 1 is 1.45 bits per heavy atom. The lowest BCUT2D eigenvalue weighted by molar-refractivity contribution is 0.0691. The molecule has 0 aliphatic rings. The lowest BCUT2D eigenvalue weighted by atomic mass is 10.2. The Morgan fingerprint density at radius 2 is 2.25 bits per heavy atom. The highest BCUT2D eigenvalue weighted by Gasteiger charge is 2.10. The van der Waals surface area contributed by atoms with Gasteiger partial charge in [-0.25, -0.2) is 9.78 Å². The van der Waals surface area contributed by atoms with Crippen LogP contribution in [0.25, 0.3) is 0 Å². The van der Waals surface area contributed by atoms with Crippen LogP contribution in [0.5, 0.6) is 0 Å². The molecule has 0 aliphatic carbocycles. The minimum absolute atomic E-state index is 0.0198. The molecule has 0 spiro atoms. The molecule has 104 valence electrons. The molecule has 1 amide bonds. The predicted octanol–water partition coefficient (Wildman–Crippen LogP) is 0.625. The summed E-state index contributed by atoms with van der Waals surface area (Å²) in [5.74, 6) is -1.37. The monoisotopic (exact) mass is 292 g/mol. The molecule has 0 fully saturated rings. The normalized spacial score (nSPS) is 10.2. The zero-order valence-electron chi connectivity index (χ0n) is 10.4. The number of amides is 1. The van der Waals surface area contributed by atoms with E-state index >= 15 is 0 Å². The number of carbonyl (C=O) groups excluding carboxylic acids is 1. The average Bonchev–Trinajstić information content (AvgIpc) is 2.94. The van der Waals surface area contributed by atoms with Gasteiger partial charge < -0.3 is 16.2 Å². The van der Waals surface area contributed by atoms with Gasteiger partial charge in [-0.3, -0.25) is 9.78 Å². The molecule has 4 N–H and O–H groups in total. The zero-order chi connectivity index (χ0) is 14.5. The quantitative estimate of drug-likeness (QED) is 0.743. The van der Waals surface area contributed by atoms with Crippen molar-refractivity contribution >= 4 is 23.2 Å². The second-order valence-electron chi connectivity index (χ2n) is 3.85. The summed E-state index contributed by atoms with van der Waals surface area (Å²) in [6, 6.07) is 3.19. The van der Waals surface area contributed by atoms with Crippen LogP contribution < -0.4 is 11.1 Å². The first-order valence-corrected chi connectivity index (χ1v) is 6.59. The van der Waals surface area contributed by atoms with Crippen molar-refractivity contribution in [1.29, 1.82) is 0 Å². The number of thiazole rings is 1. The number of carboxylic acid groups (broad SMARTS) is 1. The molecule has 7 nitrogen and oxygen atoms in total. The molecule has 2 rings (SSSR count). The molecule has 8 heteroatoms. The number of carboxylic acids is 1. The van der Waals surface area contributed by atoms with Crippen molar-refractivity contribution in [2.24, 2.45) is 5.73 Å². The summed E-state index contributed by atoms with van der Waals surface area (Å²) in [5.41, 5.74) is 6.52. The third-order valence-corrected chi connectivity index (χ3v) is 3.31. The van der Waals surface area contributed by atoms with Gasteiger partial charge in [0.2, 0.25) is 0 Å². The number of hydrogen-bond donors (Lipinski definition) is 3. The van der Waals surface area contributed by atoms with Crippen LogP contribution in [0, 0.1) is 0 Å². The third kappa shape index (κ3) is 3.37. The van der Waals surface area contributed by atoms with Crippen molar-refractivity contribution in [2.45, 2.75) is 13.1 Å². The van der Waals surface area contributed by atoms with Crippen molar-refractivity contribution in [3.05, 3.63) is 45.7 Å². The number of rotatable bonds is 5. The van der Waals surface area contributed by atoms with Gasteiger partial charge in [0.05, 0.1) is 12.2 Å². The lowest BCUT2D eigenvalue weighted by Gasteiger charge is -2.04. The Kier molecular flexibility index (Phi) is 4.38. The maximum Gasteiger partial charge on any atom is 0.355 e. The Morgan fingerprint density at radius 3 is 2.90 bits per heavy atom. The predicted molar refractivity (Wildman–Crippen MR) is 72.4 cm³/mol. The van der Waals surface area contributed by atoms with Gasteiger partial charge in [-0.05, 0) is 12.1 Å². The van der Waals surface area contributed by atoms with Gasteiger partial charge in [0.1, 0.15) is 5.01 Å². The van der Waals surface area contributed by atoms with Crippen molar-refractivity contribution in [3.63, 3.8) is 0 Å².